The summed E-state index contributed by atoms with van der Waals surface area (Å²) in [6, 6.07) is 66.2. The molecule has 0 spiro atoms. The third-order valence-electron chi connectivity index (χ3n) is 9.88. The summed E-state index contributed by atoms with van der Waals surface area (Å²) >= 11 is 0. The molecule has 0 radical (unpaired) electrons. The largest absolute Gasteiger partial charge is 0.309 e. The molecule has 0 bridgehead atoms. The van der Waals surface area contributed by atoms with Crippen molar-refractivity contribution in [2.24, 2.45) is 0 Å². The molecule has 0 N–H and O–H groups in total. The molecule has 3 aromatic heterocycles. The second-order valence-corrected chi connectivity index (χ2v) is 13.3. The minimum atomic E-state index is 0.550. The summed E-state index contributed by atoms with van der Waals surface area (Å²) in [5, 5.41) is 2.34. The maximum Gasteiger partial charge on any atom is 0.166 e. The first-order valence-corrected chi connectivity index (χ1v) is 18.3. The van der Waals surface area contributed by atoms with Crippen molar-refractivity contribution < 1.29 is 0 Å². The van der Waals surface area contributed by atoms with Gasteiger partial charge in [-0.1, -0.05) is 158 Å². The molecule has 6 nitrogen and oxygen atoms in total. The number of para-hydroxylation sites is 2. The van der Waals surface area contributed by atoms with Crippen LogP contribution in [-0.4, -0.2) is 29.5 Å². The molecule has 0 fully saturated rings. The maximum absolute atomic E-state index is 5.22. The highest BCUT2D eigenvalue weighted by Crippen LogP contribution is 2.38. The van der Waals surface area contributed by atoms with E-state index in [0.29, 0.717) is 23.3 Å². The molecule has 0 atom stereocenters. The van der Waals surface area contributed by atoms with Gasteiger partial charge in [0.05, 0.1) is 28.1 Å². The predicted molar refractivity (Wildman–Crippen MR) is 222 cm³/mol. The first-order valence-electron chi connectivity index (χ1n) is 18.3. The molecule has 0 aliphatic heterocycles. The van der Waals surface area contributed by atoms with Crippen molar-refractivity contribution in [3.8, 4) is 73.8 Å². The van der Waals surface area contributed by atoms with Crippen LogP contribution >= 0.6 is 0 Å². The summed E-state index contributed by atoms with van der Waals surface area (Å²) < 4.78 is 2.31. The van der Waals surface area contributed by atoms with Crippen LogP contribution < -0.4 is 0 Å². The van der Waals surface area contributed by atoms with Crippen LogP contribution in [0.15, 0.2) is 194 Å². The summed E-state index contributed by atoms with van der Waals surface area (Å²) in [5.74, 6) is 2.35. The van der Waals surface area contributed by atoms with Gasteiger partial charge >= 0.3 is 0 Å². The number of hydrogen-bond donors (Lipinski definition) is 0. The zero-order valence-electron chi connectivity index (χ0n) is 29.7. The zero-order valence-corrected chi connectivity index (χ0v) is 29.7. The van der Waals surface area contributed by atoms with Gasteiger partial charge in [0.1, 0.15) is 0 Å². The molecule has 10 rings (SSSR count). The monoisotopic (exact) mass is 704 g/mol. The number of hydrogen-bond acceptors (Lipinski definition) is 5. The summed E-state index contributed by atoms with van der Waals surface area (Å²) in [7, 11) is 0. The quantitative estimate of drug-likeness (QED) is 0.165. The van der Waals surface area contributed by atoms with Gasteiger partial charge in [-0.15, -0.1) is 0 Å². The smallest absolute Gasteiger partial charge is 0.166 e. The van der Waals surface area contributed by atoms with Gasteiger partial charge in [0.15, 0.2) is 23.3 Å². The average molecular weight is 705 g/mol. The van der Waals surface area contributed by atoms with Crippen LogP contribution in [0.25, 0.3) is 95.6 Å². The highest BCUT2D eigenvalue weighted by molar-refractivity contribution is 6.09. The molecular formula is C49H32N6. The molecule has 0 aliphatic rings. The van der Waals surface area contributed by atoms with Gasteiger partial charge < -0.3 is 4.57 Å². The number of nitrogens with zero attached hydrogens (tertiary/aromatic N) is 6. The highest BCUT2D eigenvalue weighted by Gasteiger charge is 2.21. The number of fused-ring (bicyclic) bond motifs is 3. The van der Waals surface area contributed by atoms with E-state index < -0.39 is 0 Å². The van der Waals surface area contributed by atoms with E-state index in [-0.39, 0.29) is 0 Å². The van der Waals surface area contributed by atoms with Crippen LogP contribution in [0.4, 0.5) is 0 Å². The Morgan fingerprint density at radius 1 is 0.291 bits per heavy atom. The summed E-state index contributed by atoms with van der Waals surface area (Å²) in [5.41, 5.74) is 10.3. The molecule has 0 saturated carbocycles. The fourth-order valence-corrected chi connectivity index (χ4v) is 7.25. The lowest BCUT2D eigenvalue weighted by atomic mass is 10.0. The van der Waals surface area contributed by atoms with Crippen molar-refractivity contribution in [1.29, 1.82) is 0 Å². The molecule has 55 heavy (non-hydrogen) atoms. The van der Waals surface area contributed by atoms with Crippen molar-refractivity contribution in [3.05, 3.63) is 194 Å². The fraction of sp³-hybridized carbons (Fsp3) is 0. The summed E-state index contributed by atoms with van der Waals surface area (Å²) in [4.78, 5) is 25.8. The molecule has 0 unspecified atom stereocenters. The molecule has 0 aliphatic carbocycles. The molecule has 3 heterocycles. The van der Waals surface area contributed by atoms with Gasteiger partial charge in [0, 0.05) is 44.2 Å². The maximum atomic E-state index is 5.22. The Morgan fingerprint density at radius 3 is 1.18 bits per heavy atom. The van der Waals surface area contributed by atoms with E-state index in [9.17, 15) is 0 Å². The van der Waals surface area contributed by atoms with Crippen LogP contribution in [0.5, 0.6) is 0 Å². The molecular weight excluding hydrogens is 673 g/mol. The van der Waals surface area contributed by atoms with Crippen LogP contribution in [-0.2, 0) is 0 Å². The fourth-order valence-electron chi connectivity index (χ4n) is 7.25. The lowest BCUT2D eigenvalue weighted by Crippen LogP contribution is -2.04. The third-order valence-corrected chi connectivity index (χ3v) is 9.88. The van der Waals surface area contributed by atoms with E-state index in [1.54, 1.807) is 0 Å². The summed E-state index contributed by atoms with van der Waals surface area (Å²) in [6.45, 7) is 0. The van der Waals surface area contributed by atoms with E-state index in [0.717, 1.165) is 61.5 Å². The molecule has 10 aromatic rings. The molecule has 0 saturated heterocycles. The van der Waals surface area contributed by atoms with Crippen LogP contribution in [0.2, 0.25) is 0 Å². The minimum Gasteiger partial charge on any atom is -0.309 e. The van der Waals surface area contributed by atoms with Crippen LogP contribution in [0.3, 0.4) is 0 Å². The predicted octanol–water partition coefficient (Wildman–Crippen LogP) is 11.8. The van der Waals surface area contributed by atoms with Gasteiger partial charge in [-0.2, -0.15) is 0 Å². The second-order valence-electron chi connectivity index (χ2n) is 13.3. The Kier molecular flexibility index (Phi) is 8.04. The zero-order chi connectivity index (χ0) is 36.6. The van der Waals surface area contributed by atoms with Gasteiger partial charge in [-0.05, 0) is 36.4 Å². The van der Waals surface area contributed by atoms with E-state index in [4.69, 9.17) is 24.9 Å². The minimum absolute atomic E-state index is 0.550. The Balaban J connectivity index is 1.27. The molecule has 7 aromatic carbocycles. The second kappa shape index (κ2) is 13.8. The average Bonchev–Trinajstić information content (AvgIpc) is 3.61. The Bertz CT molecular complexity index is 2790. The first-order chi connectivity index (χ1) is 27.3. The molecule has 6 heteroatoms. The third kappa shape index (κ3) is 6.02. The Labute approximate surface area is 318 Å². The highest BCUT2D eigenvalue weighted by atomic mass is 15.1. The van der Waals surface area contributed by atoms with Crippen molar-refractivity contribution in [2.45, 2.75) is 0 Å². The van der Waals surface area contributed by atoms with E-state index in [1.165, 1.54) is 10.8 Å². The van der Waals surface area contributed by atoms with Gasteiger partial charge in [0.25, 0.3) is 0 Å². The van der Waals surface area contributed by atoms with Gasteiger partial charge in [-0.3, -0.25) is 0 Å². The SMILES string of the molecule is c1ccc(-c2cc(-c3ccccc3)nc(-c3ccc(-n4c5ccccc5c5ccccc54)c(-c4nc(-c5ccccc5)nc(-c5ccccc5)n4)c3)n2)cc1. The standard InChI is InChI=1S/C49H32N6/c1-5-17-33(18-6-1)41-32-42(34-19-7-2-8-20-34)51-48(50-41)37-29-30-45(55-43-27-15-13-25-38(43)39-26-14-16-28-44(39)55)40(31-37)49-53-46(35-21-9-3-10-22-35)52-47(54-49)36-23-11-4-12-24-36/h1-32H. The topological polar surface area (TPSA) is 69.4 Å². The lowest BCUT2D eigenvalue weighted by Gasteiger charge is -2.16. The number of benzene rings is 7. The van der Waals surface area contributed by atoms with Gasteiger partial charge in [-0.25, -0.2) is 24.9 Å². The van der Waals surface area contributed by atoms with Crippen molar-refractivity contribution in [3.63, 3.8) is 0 Å². The first kappa shape index (κ1) is 32.1. The van der Waals surface area contributed by atoms with Crippen molar-refractivity contribution >= 4 is 21.8 Å². The van der Waals surface area contributed by atoms with Gasteiger partial charge in [0.2, 0.25) is 0 Å². The van der Waals surface area contributed by atoms with E-state index in [2.05, 4.69) is 102 Å². The van der Waals surface area contributed by atoms with Crippen LogP contribution in [0, 0.1) is 0 Å². The van der Waals surface area contributed by atoms with Crippen LogP contribution in [0.1, 0.15) is 0 Å². The molecule has 0 amide bonds. The van der Waals surface area contributed by atoms with Crippen molar-refractivity contribution in [1.82, 2.24) is 29.5 Å². The molecule has 258 valence electrons. The lowest BCUT2D eigenvalue weighted by molar-refractivity contribution is 1.06. The number of rotatable bonds is 7. The Morgan fingerprint density at radius 2 is 0.691 bits per heavy atom. The van der Waals surface area contributed by atoms with E-state index >= 15 is 0 Å². The number of aromatic nitrogens is 6. The van der Waals surface area contributed by atoms with Crippen molar-refractivity contribution in [2.75, 3.05) is 0 Å². The Hall–Kier alpha value is -7.57. The van der Waals surface area contributed by atoms with E-state index in [1.807, 2.05) is 97.1 Å². The summed E-state index contributed by atoms with van der Waals surface area (Å²) in [6.07, 6.45) is 0. The normalized spacial score (nSPS) is 11.3.